The van der Waals surface area contributed by atoms with Crippen LogP contribution >= 0.6 is 0 Å². The Morgan fingerprint density at radius 2 is 1.47 bits per heavy atom. The van der Waals surface area contributed by atoms with Crippen molar-refractivity contribution in [1.82, 2.24) is 5.32 Å². The van der Waals surface area contributed by atoms with Crippen molar-refractivity contribution in [3.05, 3.63) is 0 Å². The van der Waals surface area contributed by atoms with Gasteiger partial charge in [-0.25, -0.2) is 0 Å². The van der Waals surface area contributed by atoms with Crippen molar-refractivity contribution in [3.8, 4) is 0 Å². The van der Waals surface area contributed by atoms with Crippen LogP contribution in [0.1, 0.15) is 143 Å². The summed E-state index contributed by atoms with van der Waals surface area (Å²) in [7, 11) is 0. The van der Waals surface area contributed by atoms with Gasteiger partial charge in [-0.3, -0.25) is 4.79 Å². The van der Waals surface area contributed by atoms with Crippen molar-refractivity contribution < 1.29 is 19.0 Å². The van der Waals surface area contributed by atoms with Crippen LogP contribution in [0.4, 0.5) is 0 Å². The van der Waals surface area contributed by atoms with Crippen molar-refractivity contribution in [1.29, 1.82) is 0 Å². The Kier molecular flexibility index (Phi) is 17.1. The lowest BCUT2D eigenvalue weighted by Gasteiger charge is -2.65. The molecule has 0 bridgehead atoms. The van der Waals surface area contributed by atoms with Crippen LogP contribution in [-0.4, -0.2) is 70.2 Å². The first-order chi connectivity index (χ1) is 23.7. The highest BCUT2D eigenvalue weighted by Gasteiger charge is 2.66. The number of unbranched alkanes of at least 4 members (excludes halogenated alkanes) is 5. The maximum atomic E-state index is 12.9. The van der Waals surface area contributed by atoms with E-state index in [9.17, 15) is 4.79 Å². The summed E-state index contributed by atoms with van der Waals surface area (Å²) < 4.78 is 20.3. The lowest BCUT2D eigenvalue weighted by Crippen LogP contribution is -2.63. The molecule has 8 nitrogen and oxygen atoms in total. The third-order valence-electron chi connectivity index (χ3n) is 14.2. The minimum atomic E-state index is 0.0609. The van der Waals surface area contributed by atoms with E-state index >= 15 is 0 Å². The van der Waals surface area contributed by atoms with Gasteiger partial charge >= 0.3 is 0 Å². The second kappa shape index (κ2) is 20.5. The van der Waals surface area contributed by atoms with Crippen molar-refractivity contribution in [2.75, 3.05) is 46.0 Å². The Hall–Kier alpha value is -0.770. The van der Waals surface area contributed by atoms with Gasteiger partial charge in [-0.2, -0.15) is 0 Å². The average Bonchev–Trinajstić information content (AvgIpc) is 3.45. The van der Waals surface area contributed by atoms with Crippen LogP contribution in [0.3, 0.4) is 0 Å². The molecular weight excluding hydrogens is 612 g/mol. The molecule has 0 saturated heterocycles. The van der Waals surface area contributed by atoms with Crippen LogP contribution in [-0.2, 0) is 19.0 Å². The van der Waals surface area contributed by atoms with E-state index in [0.29, 0.717) is 67.7 Å². The second-order valence-corrected chi connectivity index (χ2v) is 17.1. The van der Waals surface area contributed by atoms with Gasteiger partial charge in [0, 0.05) is 38.2 Å². The molecule has 1 amide bonds. The van der Waals surface area contributed by atoms with E-state index in [1.807, 2.05) is 0 Å². The molecule has 0 heterocycles. The number of carbonyl (C=O) groups is 1. The maximum Gasteiger partial charge on any atom is 0.220 e. The highest BCUT2D eigenvalue weighted by Crippen LogP contribution is 2.69. The molecule has 0 aromatic heterocycles. The van der Waals surface area contributed by atoms with Gasteiger partial charge < -0.3 is 36.7 Å². The van der Waals surface area contributed by atoms with Crippen LogP contribution in [0.25, 0.3) is 0 Å². The van der Waals surface area contributed by atoms with Crippen molar-refractivity contribution in [2.24, 2.45) is 63.5 Å². The van der Waals surface area contributed by atoms with E-state index < -0.39 is 0 Å². The normalized spacial score (nSPS) is 36.1. The summed E-state index contributed by atoms with van der Waals surface area (Å²) in [4.78, 5) is 12.9. The molecule has 0 radical (unpaired) electrons. The van der Waals surface area contributed by atoms with Crippen molar-refractivity contribution in [2.45, 2.75) is 162 Å². The van der Waals surface area contributed by atoms with E-state index in [-0.39, 0.29) is 28.9 Å². The van der Waals surface area contributed by atoms with Gasteiger partial charge in [-0.05, 0) is 138 Å². The quantitative estimate of drug-likeness (QED) is 0.0852. The Labute approximate surface area is 300 Å². The fourth-order valence-electron chi connectivity index (χ4n) is 11.4. The summed E-state index contributed by atoms with van der Waals surface area (Å²) in [6, 6.07) is 0. The van der Waals surface area contributed by atoms with Gasteiger partial charge in [0.05, 0.1) is 18.3 Å². The maximum absolute atomic E-state index is 12.9. The molecular formula is C41H78N4O4. The zero-order valence-electron chi connectivity index (χ0n) is 32.2. The molecule has 4 aliphatic rings. The van der Waals surface area contributed by atoms with Crippen LogP contribution in [0.15, 0.2) is 0 Å². The number of rotatable bonds is 23. The van der Waals surface area contributed by atoms with Gasteiger partial charge in [0.2, 0.25) is 5.91 Å². The lowest BCUT2D eigenvalue weighted by molar-refractivity contribution is -0.227. The van der Waals surface area contributed by atoms with Gasteiger partial charge in [0.15, 0.2) is 0 Å². The van der Waals surface area contributed by atoms with E-state index in [4.69, 9.17) is 31.4 Å². The molecule has 4 fully saturated rings. The fourth-order valence-corrected chi connectivity index (χ4v) is 11.4. The standard InChI is InChI=1S/C41H78N4O4/c1-5-6-7-8-9-10-23-45-38(46)17-14-30(2)33-15-16-34-39-35(29-37(41(33,34)4)49-26-13-22-44)40(3)19-18-32(47-24-11-20-42)27-31(40)28-36(39)48-25-12-21-43/h30-37,39H,5-29,42-44H2,1-4H3,(H,45,46)/t30-,31?,32-,33?,34+,35+,36-,37+,39?,40+,41-/m1/s1. The molecule has 8 heteroatoms. The number of hydrogen-bond donors (Lipinski definition) is 4. The lowest BCUT2D eigenvalue weighted by atomic mass is 9.43. The zero-order valence-corrected chi connectivity index (χ0v) is 32.2. The van der Waals surface area contributed by atoms with E-state index in [0.717, 1.165) is 84.2 Å². The SMILES string of the molecule is CCCCCCCCNC(=O)CC[C@@H](C)C1CC[C@H]2C3[C@H](OCCCN)CC4C[C@H](OCCCN)CC[C@]4(C)[C@H]3C[C@H](OCCCN)[C@]12C. The largest absolute Gasteiger partial charge is 0.378 e. The number of nitrogens with one attached hydrogen (secondary N) is 1. The molecule has 0 aromatic carbocycles. The van der Waals surface area contributed by atoms with Gasteiger partial charge in [-0.1, -0.05) is 59.8 Å². The molecule has 4 saturated carbocycles. The second-order valence-electron chi connectivity index (χ2n) is 17.1. The number of fused-ring (bicyclic) bond motifs is 5. The van der Waals surface area contributed by atoms with Crippen molar-refractivity contribution in [3.63, 3.8) is 0 Å². The van der Waals surface area contributed by atoms with Crippen LogP contribution in [0.2, 0.25) is 0 Å². The molecule has 0 aromatic rings. The molecule has 286 valence electrons. The molecule has 11 atom stereocenters. The highest BCUT2D eigenvalue weighted by molar-refractivity contribution is 5.75. The van der Waals surface area contributed by atoms with Crippen LogP contribution in [0.5, 0.6) is 0 Å². The first-order valence-electron chi connectivity index (χ1n) is 21.0. The number of ether oxygens (including phenoxy) is 3. The fraction of sp³-hybridized carbons (Fsp3) is 0.976. The van der Waals surface area contributed by atoms with E-state index in [1.54, 1.807) is 0 Å². The third kappa shape index (κ3) is 10.2. The molecule has 0 aliphatic heterocycles. The highest BCUT2D eigenvalue weighted by atomic mass is 16.5. The molecule has 0 spiro atoms. The van der Waals surface area contributed by atoms with Crippen LogP contribution < -0.4 is 22.5 Å². The monoisotopic (exact) mass is 691 g/mol. The summed E-state index contributed by atoms with van der Waals surface area (Å²) in [6.07, 6.45) is 20.8. The summed E-state index contributed by atoms with van der Waals surface area (Å²) >= 11 is 0. The Morgan fingerprint density at radius 3 is 2.18 bits per heavy atom. The average molecular weight is 691 g/mol. The number of nitrogens with two attached hydrogens (primary N) is 3. The minimum absolute atomic E-state index is 0.0609. The Balaban J connectivity index is 1.49. The summed E-state index contributed by atoms with van der Waals surface area (Å²) in [5.74, 6) is 3.48. The van der Waals surface area contributed by atoms with Gasteiger partial charge in [0.25, 0.3) is 0 Å². The smallest absolute Gasteiger partial charge is 0.220 e. The molecule has 7 N–H and O–H groups in total. The minimum Gasteiger partial charge on any atom is -0.378 e. The number of hydrogen-bond acceptors (Lipinski definition) is 7. The zero-order chi connectivity index (χ0) is 35.3. The first kappa shape index (κ1) is 41.0. The number of amides is 1. The topological polar surface area (TPSA) is 135 Å². The summed E-state index contributed by atoms with van der Waals surface area (Å²) in [6.45, 7) is 14.9. The van der Waals surface area contributed by atoms with Crippen molar-refractivity contribution >= 4 is 5.91 Å². The summed E-state index contributed by atoms with van der Waals surface area (Å²) in [5, 5.41) is 3.23. The molecule has 4 rings (SSSR count). The van der Waals surface area contributed by atoms with E-state index in [2.05, 4.69) is 33.0 Å². The first-order valence-corrected chi connectivity index (χ1v) is 21.0. The van der Waals surface area contributed by atoms with Crippen LogP contribution in [0, 0.1) is 46.3 Å². The van der Waals surface area contributed by atoms with E-state index in [1.165, 1.54) is 51.4 Å². The predicted molar refractivity (Wildman–Crippen MR) is 201 cm³/mol. The summed E-state index contributed by atoms with van der Waals surface area (Å²) in [5.41, 5.74) is 18.1. The predicted octanol–water partition coefficient (Wildman–Crippen LogP) is 6.96. The third-order valence-corrected chi connectivity index (χ3v) is 14.2. The Bertz CT molecular complexity index is 954. The Morgan fingerprint density at radius 1 is 0.796 bits per heavy atom. The molecule has 3 unspecified atom stereocenters. The van der Waals surface area contributed by atoms with Gasteiger partial charge in [-0.15, -0.1) is 0 Å². The molecule has 49 heavy (non-hydrogen) atoms. The molecule has 4 aliphatic carbocycles. The van der Waals surface area contributed by atoms with Gasteiger partial charge in [0.1, 0.15) is 0 Å². The number of carbonyl (C=O) groups excluding carboxylic acids is 1.